The van der Waals surface area contributed by atoms with E-state index in [1.54, 1.807) is 24.3 Å². The zero-order valence-electron chi connectivity index (χ0n) is 11.7. The van der Waals surface area contributed by atoms with E-state index in [1.807, 2.05) is 0 Å². The molecule has 0 heterocycles. The minimum atomic E-state index is -1.16. The molecule has 0 saturated carbocycles. The molecule has 1 N–H and O–H groups in total. The number of benzene rings is 1. The van der Waals surface area contributed by atoms with Crippen LogP contribution in [0.25, 0.3) is 0 Å². The van der Waals surface area contributed by atoms with Crippen LogP contribution in [0.1, 0.15) is 18.1 Å². The summed E-state index contributed by atoms with van der Waals surface area (Å²) in [5, 5.41) is 10.1. The number of carbonyl (C=O) groups is 2. The molecule has 20 heavy (non-hydrogen) atoms. The van der Waals surface area contributed by atoms with E-state index < -0.39 is 24.0 Å². The van der Waals surface area contributed by atoms with Gasteiger partial charge in [0.1, 0.15) is 5.75 Å². The fourth-order valence-corrected chi connectivity index (χ4v) is 1.78. The Morgan fingerprint density at radius 1 is 1.15 bits per heavy atom. The molecular weight excluding hydrogens is 264 g/mol. The van der Waals surface area contributed by atoms with Crippen molar-refractivity contribution in [1.82, 2.24) is 0 Å². The number of carbonyl (C=O) groups excluding carboxylic acids is 2. The van der Waals surface area contributed by atoms with Crippen LogP contribution in [0.3, 0.4) is 0 Å². The fourth-order valence-electron chi connectivity index (χ4n) is 1.78. The van der Waals surface area contributed by atoms with Crippen molar-refractivity contribution in [2.45, 2.75) is 12.5 Å². The maximum absolute atomic E-state index is 11.5. The van der Waals surface area contributed by atoms with Crippen LogP contribution in [0, 0.1) is 5.92 Å². The lowest BCUT2D eigenvalue weighted by Gasteiger charge is -2.17. The molecule has 0 fully saturated rings. The third-order valence-electron chi connectivity index (χ3n) is 2.91. The quantitative estimate of drug-likeness (QED) is 0.621. The third-order valence-corrected chi connectivity index (χ3v) is 2.91. The van der Waals surface area contributed by atoms with Gasteiger partial charge in [0.15, 0.2) is 5.92 Å². The Balaban J connectivity index is 2.86. The molecule has 0 bridgehead atoms. The fraction of sp³-hybridized carbons (Fsp3) is 0.429. The number of methoxy groups -OCH3 is 3. The molecule has 1 aromatic carbocycles. The molecular formula is C14H18O6. The number of aliphatic hydroxyl groups excluding tert-OH is 1. The number of esters is 2. The third kappa shape index (κ3) is 3.96. The summed E-state index contributed by atoms with van der Waals surface area (Å²) in [6, 6.07) is 6.76. The van der Waals surface area contributed by atoms with Gasteiger partial charge in [0.2, 0.25) is 0 Å². The summed E-state index contributed by atoms with van der Waals surface area (Å²) in [5.41, 5.74) is 0.544. The molecule has 1 aromatic rings. The van der Waals surface area contributed by atoms with E-state index in [-0.39, 0.29) is 6.42 Å². The second-order valence-electron chi connectivity index (χ2n) is 4.13. The monoisotopic (exact) mass is 282 g/mol. The first-order valence-electron chi connectivity index (χ1n) is 6.01. The second-order valence-corrected chi connectivity index (χ2v) is 4.13. The molecule has 1 atom stereocenters. The number of hydrogen-bond donors (Lipinski definition) is 1. The molecule has 0 saturated heterocycles. The molecule has 1 unspecified atom stereocenters. The molecule has 110 valence electrons. The molecule has 6 heteroatoms. The molecule has 0 aliphatic heterocycles. The lowest BCUT2D eigenvalue weighted by Crippen LogP contribution is -2.28. The van der Waals surface area contributed by atoms with E-state index in [0.717, 1.165) is 0 Å². The topological polar surface area (TPSA) is 82.1 Å². The van der Waals surface area contributed by atoms with Crippen LogP contribution in [0.5, 0.6) is 5.75 Å². The predicted molar refractivity (Wildman–Crippen MR) is 70.1 cm³/mol. The molecule has 0 aliphatic rings. The lowest BCUT2D eigenvalue weighted by molar-refractivity contribution is -0.160. The molecule has 1 rings (SSSR count). The van der Waals surface area contributed by atoms with Crippen molar-refractivity contribution in [3.05, 3.63) is 29.8 Å². The van der Waals surface area contributed by atoms with Gasteiger partial charge in [-0.1, -0.05) is 12.1 Å². The van der Waals surface area contributed by atoms with Gasteiger partial charge in [0, 0.05) is 6.42 Å². The van der Waals surface area contributed by atoms with Crippen molar-refractivity contribution in [1.29, 1.82) is 0 Å². The summed E-state index contributed by atoms with van der Waals surface area (Å²) >= 11 is 0. The number of hydrogen-bond acceptors (Lipinski definition) is 6. The first-order valence-corrected chi connectivity index (χ1v) is 6.01. The number of rotatable bonds is 6. The van der Waals surface area contributed by atoms with Crippen molar-refractivity contribution in [3.8, 4) is 5.75 Å². The van der Waals surface area contributed by atoms with Crippen molar-refractivity contribution in [2.75, 3.05) is 21.3 Å². The van der Waals surface area contributed by atoms with Crippen LogP contribution in [0.4, 0.5) is 0 Å². The van der Waals surface area contributed by atoms with Gasteiger partial charge in [0.05, 0.1) is 27.4 Å². The zero-order chi connectivity index (χ0) is 15.1. The Labute approximate surface area is 117 Å². The summed E-state index contributed by atoms with van der Waals surface area (Å²) in [4.78, 5) is 23.1. The SMILES string of the molecule is COC(=O)C(CC(O)c1cccc(OC)c1)C(=O)OC. The molecule has 0 amide bonds. The smallest absolute Gasteiger partial charge is 0.320 e. The summed E-state index contributed by atoms with van der Waals surface area (Å²) in [5.74, 6) is -2.06. The van der Waals surface area contributed by atoms with Gasteiger partial charge in [0.25, 0.3) is 0 Å². The average Bonchev–Trinajstić information content (AvgIpc) is 2.50. The van der Waals surface area contributed by atoms with E-state index in [0.29, 0.717) is 11.3 Å². The van der Waals surface area contributed by atoms with Gasteiger partial charge in [-0.25, -0.2) is 0 Å². The van der Waals surface area contributed by atoms with Crippen LogP contribution in [0.2, 0.25) is 0 Å². The Morgan fingerprint density at radius 3 is 2.25 bits per heavy atom. The first kappa shape index (κ1) is 16.0. The van der Waals surface area contributed by atoms with E-state index in [1.165, 1.54) is 21.3 Å². The highest BCUT2D eigenvalue weighted by Gasteiger charge is 2.31. The van der Waals surface area contributed by atoms with Crippen LogP contribution in [-0.4, -0.2) is 38.4 Å². The highest BCUT2D eigenvalue weighted by Crippen LogP contribution is 2.25. The maximum atomic E-state index is 11.5. The van der Waals surface area contributed by atoms with E-state index >= 15 is 0 Å². The maximum Gasteiger partial charge on any atom is 0.320 e. The molecule has 0 spiro atoms. The van der Waals surface area contributed by atoms with Crippen LogP contribution in [-0.2, 0) is 19.1 Å². The lowest BCUT2D eigenvalue weighted by atomic mass is 9.96. The Bertz CT molecular complexity index is 454. The van der Waals surface area contributed by atoms with Crippen LogP contribution < -0.4 is 4.74 Å². The van der Waals surface area contributed by atoms with Crippen molar-refractivity contribution in [2.24, 2.45) is 5.92 Å². The summed E-state index contributed by atoms with van der Waals surface area (Å²) < 4.78 is 14.1. The van der Waals surface area contributed by atoms with E-state index in [9.17, 15) is 14.7 Å². The van der Waals surface area contributed by atoms with Gasteiger partial charge in [-0.3, -0.25) is 9.59 Å². The molecule has 0 aromatic heterocycles. The minimum Gasteiger partial charge on any atom is -0.497 e. The molecule has 0 aliphatic carbocycles. The van der Waals surface area contributed by atoms with Gasteiger partial charge in [-0.2, -0.15) is 0 Å². The van der Waals surface area contributed by atoms with Gasteiger partial charge < -0.3 is 19.3 Å². The highest BCUT2D eigenvalue weighted by molar-refractivity contribution is 5.94. The van der Waals surface area contributed by atoms with Crippen LogP contribution in [0.15, 0.2) is 24.3 Å². The predicted octanol–water partition coefficient (Wildman–Crippen LogP) is 1.08. The number of ether oxygens (including phenoxy) is 3. The summed E-state index contributed by atoms with van der Waals surface area (Å²) in [6.07, 6.45) is -1.12. The Morgan fingerprint density at radius 2 is 1.75 bits per heavy atom. The summed E-state index contributed by atoms with van der Waals surface area (Å²) in [6.45, 7) is 0. The molecule has 0 radical (unpaired) electrons. The van der Waals surface area contributed by atoms with Crippen molar-refractivity contribution >= 4 is 11.9 Å². The average molecular weight is 282 g/mol. The number of aliphatic hydroxyl groups is 1. The Hall–Kier alpha value is -2.08. The largest absolute Gasteiger partial charge is 0.497 e. The summed E-state index contributed by atoms with van der Waals surface area (Å²) in [7, 11) is 3.86. The Kier molecular flexibility index (Phi) is 5.99. The normalized spacial score (nSPS) is 11.8. The van der Waals surface area contributed by atoms with E-state index in [2.05, 4.69) is 9.47 Å². The van der Waals surface area contributed by atoms with Crippen LogP contribution >= 0.6 is 0 Å². The zero-order valence-corrected chi connectivity index (χ0v) is 11.7. The second kappa shape index (κ2) is 7.49. The van der Waals surface area contributed by atoms with E-state index in [4.69, 9.17) is 4.74 Å². The minimum absolute atomic E-state index is 0.119. The first-order chi connectivity index (χ1) is 9.53. The van der Waals surface area contributed by atoms with Crippen molar-refractivity contribution in [3.63, 3.8) is 0 Å². The van der Waals surface area contributed by atoms with Gasteiger partial charge >= 0.3 is 11.9 Å². The van der Waals surface area contributed by atoms with Crippen molar-refractivity contribution < 1.29 is 28.9 Å². The van der Waals surface area contributed by atoms with Gasteiger partial charge in [-0.05, 0) is 17.7 Å². The standard InChI is InChI=1S/C14H18O6/c1-18-10-6-4-5-9(7-10)12(15)8-11(13(16)19-2)14(17)20-3/h4-7,11-12,15H,8H2,1-3H3. The van der Waals surface area contributed by atoms with Gasteiger partial charge in [-0.15, -0.1) is 0 Å². The molecule has 6 nitrogen and oxygen atoms in total. The highest BCUT2D eigenvalue weighted by atomic mass is 16.5.